The molecule has 88 valence electrons. The van der Waals surface area contributed by atoms with Crippen molar-refractivity contribution in [2.75, 3.05) is 12.8 Å². The maximum absolute atomic E-state index is 6.03. The Morgan fingerprint density at radius 2 is 1.76 bits per heavy atom. The highest BCUT2D eigenvalue weighted by atomic mass is 79.9. The number of nitrogen functional groups attached to an aromatic ring is 1. The average Bonchev–Trinajstić information content (AvgIpc) is 2.35. The number of benzene rings is 2. The van der Waals surface area contributed by atoms with Crippen molar-refractivity contribution in [1.29, 1.82) is 0 Å². The smallest absolute Gasteiger partial charge is 0.122 e. The molecular formula is C14H14BrNO. The molecule has 0 amide bonds. The molecular weight excluding hydrogens is 278 g/mol. The van der Waals surface area contributed by atoms with Gasteiger partial charge in [0.1, 0.15) is 5.75 Å². The number of hydrogen-bond acceptors (Lipinski definition) is 2. The summed E-state index contributed by atoms with van der Waals surface area (Å²) in [5, 5.41) is 0. The molecule has 17 heavy (non-hydrogen) atoms. The van der Waals surface area contributed by atoms with E-state index >= 15 is 0 Å². The molecule has 0 atom stereocenters. The SMILES string of the molecule is COc1ccccc1Cc1cccc(Br)c1N. The summed E-state index contributed by atoms with van der Waals surface area (Å²) >= 11 is 3.44. The summed E-state index contributed by atoms with van der Waals surface area (Å²) < 4.78 is 6.27. The third-order valence-corrected chi connectivity index (χ3v) is 3.41. The van der Waals surface area contributed by atoms with E-state index in [4.69, 9.17) is 10.5 Å². The minimum atomic E-state index is 0.773. The summed E-state index contributed by atoms with van der Waals surface area (Å²) in [5.74, 6) is 0.895. The molecule has 0 saturated carbocycles. The van der Waals surface area contributed by atoms with Gasteiger partial charge in [0.25, 0.3) is 0 Å². The molecule has 2 aromatic rings. The molecule has 2 rings (SSSR count). The van der Waals surface area contributed by atoms with Crippen molar-refractivity contribution >= 4 is 21.6 Å². The summed E-state index contributed by atoms with van der Waals surface area (Å²) in [4.78, 5) is 0. The van der Waals surface area contributed by atoms with Crippen LogP contribution in [0.25, 0.3) is 0 Å². The lowest BCUT2D eigenvalue weighted by Crippen LogP contribution is -1.98. The molecule has 0 heterocycles. The Labute approximate surface area is 110 Å². The molecule has 0 aliphatic carbocycles. The minimum absolute atomic E-state index is 0.773. The Balaban J connectivity index is 2.35. The summed E-state index contributed by atoms with van der Waals surface area (Å²) in [7, 11) is 1.68. The molecule has 0 bridgehead atoms. The number of halogens is 1. The number of nitrogens with two attached hydrogens (primary N) is 1. The molecule has 0 radical (unpaired) electrons. The van der Waals surface area contributed by atoms with Crippen molar-refractivity contribution in [3.8, 4) is 5.75 Å². The fraction of sp³-hybridized carbons (Fsp3) is 0.143. The number of ether oxygens (including phenoxy) is 1. The van der Waals surface area contributed by atoms with Gasteiger partial charge >= 0.3 is 0 Å². The van der Waals surface area contributed by atoms with E-state index in [1.165, 1.54) is 0 Å². The zero-order valence-electron chi connectivity index (χ0n) is 9.61. The van der Waals surface area contributed by atoms with Crippen molar-refractivity contribution in [3.05, 3.63) is 58.1 Å². The van der Waals surface area contributed by atoms with Crippen molar-refractivity contribution in [2.24, 2.45) is 0 Å². The number of methoxy groups -OCH3 is 1. The molecule has 2 nitrogen and oxygen atoms in total. The average molecular weight is 292 g/mol. The molecule has 0 spiro atoms. The van der Waals surface area contributed by atoms with Gasteiger partial charge in [0, 0.05) is 16.6 Å². The molecule has 2 aromatic carbocycles. The van der Waals surface area contributed by atoms with Gasteiger partial charge in [-0.1, -0.05) is 30.3 Å². The van der Waals surface area contributed by atoms with E-state index in [-0.39, 0.29) is 0 Å². The summed E-state index contributed by atoms with van der Waals surface area (Å²) in [5.41, 5.74) is 9.06. The van der Waals surface area contributed by atoms with E-state index in [2.05, 4.69) is 22.0 Å². The Kier molecular flexibility index (Phi) is 3.69. The van der Waals surface area contributed by atoms with Gasteiger partial charge in [-0.15, -0.1) is 0 Å². The van der Waals surface area contributed by atoms with Gasteiger partial charge in [-0.2, -0.15) is 0 Å². The first-order valence-corrected chi connectivity index (χ1v) is 6.16. The maximum Gasteiger partial charge on any atom is 0.122 e. The van der Waals surface area contributed by atoms with Crippen LogP contribution in [0.1, 0.15) is 11.1 Å². The van der Waals surface area contributed by atoms with E-state index in [1.54, 1.807) is 7.11 Å². The lowest BCUT2D eigenvalue weighted by molar-refractivity contribution is 0.410. The summed E-state index contributed by atoms with van der Waals surface area (Å²) in [6.45, 7) is 0. The van der Waals surface area contributed by atoms with Crippen LogP contribution in [-0.2, 0) is 6.42 Å². The number of hydrogen-bond donors (Lipinski definition) is 1. The van der Waals surface area contributed by atoms with Crippen molar-refractivity contribution in [3.63, 3.8) is 0 Å². The highest BCUT2D eigenvalue weighted by Crippen LogP contribution is 2.27. The Morgan fingerprint density at radius 1 is 1.06 bits per heavy atom. The molecule has 0 fully saturated rings. The van der Waals surface area contributed by atoms with Gasteiger partial charge in [-0.05, 0) is 39.2 Å². The monoisotopic (exact) mass is 291 g/mol. The third kappa shape index (κ3) is 2.61. The van der Waals surface area contributed by atoms with Gasteiger partial charge < -0.3 is 10.5 Å². The van der Waals surface area contributed by atoms with Gasteiger partial charge in [0.2, 0.25) is 0 Å². The first-order valence-electron chi connectivity index (χ1n) is 5.37. The van der Waals surface area contributed by atoms with Crippen LogP contribution in [0, 0.1) is 0 Å². The minimum Gasteiger partial charge on any atom is -0.496 e. The topological polar surface area (TPSA) is 35.2 Å². The van der Waals surface area contributed by atoms with Crippen LogP contribution >= 0.6 is 15.9 Å². The van der Waals surface area contributed by atoms with Crippen LogP contribution in [0.5, 0.6) is 5.75 Å². The lowest BCUT2D eigenvalue weighted by atomic mass is 10.0. The molecule has 0 aliphatic heterocycles. The zero-order chi connectivity index (χ0) is 12.3. The molecule has 0 aromatic heterocycles. The lowest BCUT2D eigenvalue weighted by Gasteiger charge is -2.10. The van der Waals surface area contributed by atoms with Crippen molar-refractivity contribution < 1.29 is 4.74 Å². The fourth-order valence-electron chi connectivity index (χ4n) is 1.79. The van der Waals surface area contributed by atoms with Crippen LogP contribution in [0.3, 0.4) is 0 Å². The number of anilines is 1. The van der Waals surface area contributed by atoms with Gasteiger partial charge in [0.05, 0.1) is 7.11 Å². The van der Waals surface area contributed by atoms with Crippen molar-refractivity contribution in [2.45, 2.75) is 6.42 Å². The van der Waals surface area contributed by atoms with E-state index in [9.17, 15) is 0 Å². The van der Waals surface area contributed by atoms with Crippen molar-refractivity contribution in [1.82, 2.24) is 0 Å². The van der Waals surface area contributed by atoms with E-state index in [1.807, 2.05) is 36.4 Å². The zero-order valence-corrected chi connectivity index (χ0v) is 11.2. The number of rotatable bonds is 3. The Morgan fingerprint density at radius 3 is 2.53 bits per heavy atom. The van der Waals surface area contributed by atoms with E-state index < -0.39 is 0 Å². The fourth-order valence-corrected chi connectivity index (χ4v) is 2.20. The molecule has 0 aliphatic rings. The van der Waals surface area contributed by atoms with Gasteiger partial charge in [-0.3, -0.25) is 0 Å². The number of para-hydroxylation sites is 2. The Hall–Kier alpha value is -1.48. The van der Waals surface area contributed by atoms with E-state index in [0.29, 0.717) is 0 Å². The first kappa shape index (κ1) is 12.0. The highest BCUT2D eigenvalue weighted by molar-refractivity contribution is 9.10. The maximum atomic E-state index is 6.03. The third-order valence-electron chi connectivity index (χ3n) is 2.72. The van der Waals surface area contributed by atoms with Crippen LogP contribution in [0.15, 0.2) is 46.9 Å². The molecule has 0 unspecified atom stereocenters. The predicted octanol–water partition coefficient (Wildman–Crippen LogP) is 3.63. The second-order valence-electron chi connectivity index (χ2n) is 3.80. The second kappa shape index (κ2) is 5.23. The predicted molar refractivity (Wildman–Crippen MR) is 74.4 cm³/mol. The van der Waals surface area contributed by atoms with Crippen LogP contribution < -0.4 is 10.5 Å². The quantitative estimate of drug-likeness (QED) is 0.877. The first-order chi connectivity index (χ1) is 8.22. The largest absolute Gasteiger partial charge is 0.496 e. The standard InChI is InChI=1S/C14H14BrNO/c1-17-13-8-3-2-5-10(13)9-11-6-4-7-12(15)14(11)16/h2-8H,9,16H2,1H3. The normalized spacial score (nSPS) is 10.2. The highest BCUT2D eigenvalue weighted by Gasteiger charge is 2.07. The summed E-state index contributed by atoms with van der Waals surface area (Å²) in [6, 6.07) is 14.0. The van der Waals surface area contributed by atoms with Gasteiger partial charge in [-0.25, -0.2) is 0 Å². The molecule has 3 heteroatoms. The molecule has 0 saturated heterocycles. The van der Waals surface area contributed by atoms with Gasteiger partial charge in [0.15, 0.2) is 0 Å². The van der Waals surface area contributed by atoms with E-state index in [0.717, 1.165) is 33.5 Å². The van der Waals surface area contributed by atoms with Crippen LogP contribution in [0.4, 0.5) is 5.69 Å². The second-order valence-corrected chi connectivity index (χ2v) is 4.66. The van der Waals surface area contributed by atoms with Crippen LogP contribution in [0.2, 0.25) is 0 Å². The Bertz CT molecular complexity index is 525. The summed E-state index contributed by atoms with van der Waals surface area (Å²) in [6.07, 6.45) is 0.773. The molecule has 2 N–H and O–H groups in total. The van der Waals surface area contributed by atoms with Crippen LogP contribution in [-0.4, -0.2) is 7.11 Å².